The van der Waals surface area contributed by atoms with Crippen LogP contribution in [-0.4, -0.2) is 32.7 Å². The summed E-state index contributed by atoms with van der Waals surface area (Å²) in [6, 6.07) is 19.9. The molecule has 0 heterocycles. The first kappa shape index (κ1) is 23.4. The van der Waals surface area contributed by atoms with Crippen LogP contribution in [0, 0.1) is 5.82 Å². The highest BCUT2D eigenvalue weighted by molar-refractivity contribution is 7.90. The number of amides is 1. The first-order chi connectivity index (χ1) is 15.2. The van der Waals surface area contributed by atoms with Crippen LogP contribution in [0.5, 0.6) is 0 Å². The molecule has 0 bridgehead atoms. The third-order valence-corrected chi connectivity index (χ3v) is 6.86. The van der Waals surface area contributed by atoms with E-state index in [1.165, 1.54) is 32.3 Å². The van der Waals surface area contributed by atoms with Crippen molar-refractivity contribution in [3.05, 3.63) is 95.3 Å². The van der Waals surface area contributed by atoms with Crippen molar-refractivity contribution in [1.82, 2.24) is 4.31 Å². The second-order valence-corrected chi connectivity index (χ2v) is 9.48. The number of nitrogens with one attached hydrogen (secondary N) is 1. The highest BCUT2D eigenvalue weighted by atomic mass is 32.2. The molecule has 0 radical (unpaired) electrons. The molecule has 0 atom stereocenters. The summed E-state index contributed by atoms with van der Waals surface area (Å²) in [7, 11) is -1.15. The van der Waals surface area contributed by atoms with Crippen molar-refractivity contribution in [3.63, 3.8) is 0 Å². The predicted octanol–water partition coefficient (Wildman–Crippen LogP) is 4.45. The van der Waals surface area contributed by atoms with Crippen LogP contribution in [0.15, 0.2) is 72.8 Å². The molecule has 0 aliphatic heterocycles. The summed E-state index contributed by atoms with van der Waals surface area (Å²) >= 11 is 0. The van der Waals surface area contributed by atoms with E-state index in [2.05, 4.69) is 5.32 Å². The van der Waals surface area contributed by atoms with Gasteiger partial charge in [0, 0.05) is 25.3 Å². The Morgan fingerprint density at radius 1 is 0.938 bits per heavy atom. The molecule has 3 aromatic rings. The first-order valence-corrected chi connectivity index (χ1v) is 11.6. The Kier molecular flexibility index (Phi) is 7.27. The average Bonchev–Trinajstić information content (AvgIpc) is 2.78. The smallest absolute Gasteiger partial charge is 0.303 e. The van der Waals surface area contributed by atoms with Crippen LogP contribution in [0.3, 0.4) is 0 Å². The summed E-state index contributed by atoms with van der Waals surface area (Å²) in [4.78, 5) is 12.7. The van der Waals surface area contributed by atoms with Crippen LogP contribution < -0.4 is 9.62 Å². The van der Waals surface area contributed by atoms with Crippen molar-refractivity contribution >= 4 is 27.5 Å². The number of anilines is 2. The van der Waals surface area contributed by atoms with Crippen molar-refractivity contribution in [3.8, 4) is 0 Å². The predicted molar refractivity (Wildman–Crippen MR) is 125 cm³/mol. The summed E-state index contributed by atoms with van der Waals surface area (Å²) < 4.78 is 42.1. The fraction of sp³-hybridized carbons (Fsp3) is 0.208. The van der Waals surface area contributed by atoms with Gasteiger partial charge in [-0.15, -0.1) is 0 Å². The third kappa shape index (κ3) is 5.15. The van der Waals surface area contributed by atoms with Crippen LogP contribution in [0.1, 0.15) is 28.4 Å². The lowest BCUT2D eigenvalue weighted by Gasteiger charge is -2.27. The maximum absolute atomic E-state index is 14.4. The van der Waals surface area contributed by atoms with E-state index in [0.29, 0.717) is 11.1 Å². The lowest BCUT2D eigenvalue weighted by atomic mass is 10.1. The number of halogens is 1. The molecule has 3 rings (SSSR count). The molecule has 0 fully saturated rings. The number of aryl methyl sites for hydroxylation is 1. The topological polar surface area (TPSA) is 69.7 Å². The zero-order valence-electron chi connectivity index (χ0n) is 18.2. The fourth-order valence-electron chi connectivity index (χ4n) is 3.21. The number of carbonyl (C=O) groups excluding carboxylic acids is 1. The molecule has 3 aromatic carbocycles. The van der Waals surface area contributed by atoms with E-state index in [1.54, 1.807) is 30.3 Å². The maximum Gasteiger partial charge on any atom is 0.303 e. The normalized spacial score (nSPS) is 11.4. The van der Waals surface area contributed by atoms with E-state index in [1.807, 2.05) is 31.2 Å². The van der Waals surface area contributed by atoms with Gasteiger partial charge < -0.3 is 5.32 Å². The van der Waals surface area contributed by atoms with E-state index in [4.69, 9.17) is 0 Å². The number of hydrogen-bond donors (Lipinski definition) is 1. The van der Waals surface area contributed by atoms with Gasteiger partial charge in [0.05, 0.1) is 12.2 Å². The van der Waals surface area contributed by atoms with Gasteiger partial charge in [-0.2, -0.15) is 12.7 Å². The van der Waals surface area contributed by atoms with Gasteiger partial charge in [-0.25, -0.2) is 4.39 Å². The Hall–Kier alpha value is -3.23. The number of rotatable bonds is 8. The van der Waals surface area contributed by atoms with Gasteiger partial charge >= 0.3 is 10.2 Å². The molecule has 0 aromatic heterocycles. The van der Waals surface area contributed by atoms with Crippen molar-refractivity contribution < 1.29 is 17.6 Å². The minimum absolute atomic E-state index is 0.0424. The van der Waals surface area contributed by atoms with Gasteiger partial charge in [0.2, 0.25) is 0 Å². The van der Waals surface area contributed by atoms with E-state index in [-0.39, 0.29) is 18.1 Å². The number of hydrogen-bond acceptors (Lipinski definition) is 3. The Labute approximate surface area is 188 Å². The summed E-state index contributed by atoms with van der Waals surface area (Å²) in [5, 5.41) is 2.91. The van der Waals surface area contributed by atoms with Crippen molar-refractivity contribution in [2.75, 3.05) is 23.7 Å². The number of nitrogens with zero attached hydrogens (tertiary/aromatic N) is 2. The Morgan fingerprint density at radius 3 is 2.19 bits per heavy atom. The second kappa shape index (κ2) is 9.93. The minimum atomic E-state index is -3.94. The third-order valence-electron chi connectivity index (χ3n) is 5.05. The SMILES string of the molecule is CCc1ccccc1NC(=O)c1ccc(CN(c2ccccc2F)S(=O)(=O)N(C)C)cc1. The molecule has 0 spiro atoms. The monoisotopic (exact) mass is 455 g/mol. The molecule has 168 valence electrons. The standard InChI is InChI=1S/C24H26FN3O3S/c1-4-19-9-5-7-11-22(19)26-24(29)20-15-13-18(14-16-20)17-28(32(30,31)27(2)3)23-12-8-6-10-21(23)25/h5-16H,4,17H2,1-3H3,(H,26,29). The van der Waals surface area contributed by atoms with Crippen LogP contribution in [0.2, 0.25) is 0 Å². The van der Waals surface area contributed by atoms with E-state index in [9.17, 15) is 17.6 Å². The summed E-state index contributed by atoms with van der Waals surface area (Å²) in [5.41, 5.74) is 2.80. The van der Waals surface area contributed by atoms with Crippen LogP contribution in [0.25, 0.3) is 0 Å². The molecular weight excluding hydrogens is 429 g/mol. The van der Waals surface area contributed by atoms with Crippen LogP contribution in [0.4, 0.5) is 15.8 Å². The number of para-hydroxylation sites is 2. The maximum atomic E-state index is 14.4. The number of benzene rings is 3. The van der Waals surface area contributed by atoms with E-state index < -0.39 is 16.0 Å². The Morgan fingerprint density at radius 2 is 1.56 bits per heavy atom. The molecule has 0 unspecified atom stereocenters. The summed E-state index contributed by atoms with van der Waals surface area (Å²) in [6.45, 7) is 1.94. The van der Waals surface area contributed by atoms with Crippen molar-refractivity contribution in [1.29, 1.82) is 0 Å². The molecule has 8 heteroatoms. The van der Waals surface area contributed by atoms with Gasteiger partial charge in [-0.1, -0.05) is 49.4 Å². The largest absolute Gasteiger partial charge is 0.322 e. The van der Waals surface area contributed by atoms with Gasteiger partial charge in [0.25, 0.3) is 5.91 Å². The zero-order chi connectivity index (χ0) is 23.3. The van der Waals surface area contributed by atoms with Gasteiger partial charge in [-0.05, 0) is 47.9 Å². The van der Waals surface area contributed by atoms with Crippen LogP contribution in [-0.2, 0) is 23.2 Å². The van der Waals surface area contributed by atoms with E-state index in [0.717, 1.165) is 26.3 Å². The molecule has 0 saturated carbocycles. The lowest BCUT2D eigenvalue weighted by molar-refractivity contribution is 0.102. The summed E-state index contributed by atoms with van der Waals surface area (Å²) in [6.07, 6.45) is 0.793. The molecule has 0 saturated heterocycles. The lowest BCUT2D eigenvalue weighted by Crippen LogP contribution is -2.40. The molecule has 0 aliphatic carbocycles. The minimum Gasteiger partial charge on any atom is -0.322 e. The van der Waals surface area contributed by atoms with Gasteiger partial charge in [0.15, 0.2) is 0 Å². The quantitative estimate of drug-likeness (QED) is 0.546. The Bertz CT molecular complexity index is 1200. The summed E-state index contributed by atoms with van der Waals surface area (Å²) in [5.74, 6) is -0.896. The van der Waals surface area contributed by atoms with Crippen LogP contribution >= 0.6 is 0 Å². The molecular formula is C24H26FN3O3S. The van der Waals surface area contributed by atoms with Crippen molar-refractivity contribution in [2.45, 2.75) is 19.9 Å². The average molecular weight is 456 g/mol. The highest BCUT2D eigenvalue weighted by Gasteiger charge is 2.27. The molecule has 32 heavy (non-hydrogen) atoms. The number of carbonyl (C=O) groups is 1. The zero-order valence-corrected chi connectivity index (χ0v) is 19.1. The van der Waals surface area contributed by atoms with Gasteiger partial charge in [0.1, 0.15) is 5.82 Å². The molecule has 1 N–H and O–H groups in total. The molecule has 0 aliphatic rings. The highest BCUT2D eigenvalue weighted by Crippen LogP contribution is 2.25. The first-order valence-electron chi connectivity index (χ1n) is 10.2. The van der Waals surface area contributed by atoms with Gasteiger partial charge in [-0.3, -0.25) is 9.10 Å². The fourth-order valence-corrected chi connectivity index (χ4v) is 4.32. The second-order valence-electron chi connectivity index (χ2n) is 7.41. The Balaban J connectivity index is 1.84. The van der Waals surface area contributed by atoms with E-state index >= 15 is 0 Å². The molecule has 6 nitrogen and oxygen atoms in total. The van der Waals surface area contributed by atoms with Crippen molar-refractivity contribution in [2.24, 2.45) is 0 Å². The molecule has 1 amide bonds.